The Morgan fingerprint density at radius 1 is 1.09 bits per heavy atom. The summed E-state index contributed by atoms with van der Waals surface area (Å²) < 4.78 is 45.1. The molecule has 0 aliphatic heterocycles. The summed E-state index contributed by atoms with van der Waals surface area (Å²) >= 11 is 0. The van der Waals surface area contributed by atoms with E-state index < -0.39 is 20.9 Å². The van der Waals surface area contributed by atoms with Crippen molar-refractivity contribution in [2.45, 2.75) is 90.2 Å². The monoisotopic (exact) mass is 348 g/mol. The van der Waals surface area contributed by atoms with Crippen molar-refractivity contribution in [2.24, 2.45) is 0 Å². The average molecular weight is 349 g/mol. The molecule has 1 nitrogen and oxygen atoms in total. The minimum absolute atomic E-state index is 0.237. The van der Waals surface area contributed by atoms with E-state index in [0.29, 0.717) is 34.2 Å². The quantitative estimate of drug-likeness (QED) is 0.481. The highest BCUT2D eigenvalue weighted by Gasteiger charge is 2.48. The molecule has 1 unspecified atom stereocenters. The first-order chi connectivity index (χ1) is 10.3. The van der Waals surface area contributed by atoms with Crippen LogP contribution >= 0.6 is 0 Å². The number of halogens is 3. The molecule has 0 saturated carbocycles. The molecule has 1 atom stereocenters. The van der Waals surface area contributed by atoms with E-state index in [1.807, 2.05) is 0 Å². The highest BCUT2D eigenvalue weighted by molar-refractivity contribution is 6.77. The highest BCUT2D eigenvalue weighted by Crippen LogP contribution is 2.47. The lowest BCUT2D eigenvalue weighted by Gasteiger charge is -2.44. The predicted octanol–water partition coefficient (Wildman–Crippen LogP) is 6.78. The molecule has 0 aromatic heterocycles. The summed E-state index contributed by atoms with van der Waals surface area (Å²) in [7, 11) is -2.11. The molecule has 134 valence electrons. The van der Waals surface area contributed by atoms with Gasteiger partial charge in [0.05, 0.1) is 12.5 Å². The normalized spacial score (nSPS) is 20.6. The van der Waals surface area contributed by atoms with Crippen LogP contribution in [-0.4, -0.2) is 20.6 Å². The Labute approximate surface area is 140 Å². The van der Waals surface area contributed by atoms with Crippen molar-refractivity contribution in [3.05, 3.63) is 23.3 Å². The fourth-order valence-electron chi connectivity index (χ4n) is 4.22. The van der Waals surface area contributed by atoms with E-state index in [1.165, 1.54) is 0 Å². The first-order valence-corrected chi connectivity index (χ1v) is 10.6. The number of hydrogen-bond donors (Lipinski definition) is 0. The van der Waals surface area contributed by atoms with Crippen LogP contribution in [0, 0.1) is 0 Å². The van der Waals surface area contributed by atoms with Crippen LogP contribution in [0.2, 0.25) is 16.6 Å². The van der Waals surface area contributed by atoms with Gasteiger partial charge in [0, 0.05) is 6.42 Å². The van der Waals surface area contributed by atoms with Crippen LogP contribution in [0.1, 0.15) is 61.3 Å². The molecule has 0 spiro atoms. The molecular formula is C18H31F3OSi. The Morgan fingerprint density at radius 2 is 1.52 bits per heavy atom. The summed E-state index contributed by atoms with van der Waals surface area (Å²) in [5.74, 6) is 0. The highest BCUT2D eigenvalue weighted by atomic mass is 28.4. The van der Waals surface area contributed by atoms with E-state index in [4.69, 9.17) is 4.43 Å². The first-order valence-electron chi connectivity index (χ1n) is 8.45. The lowest BCUT2D eigenvalue weighted by Crippen LogP contribution is -2.50. The van der Waals surface area contributed by atoms with E-state index >= 15 is 0 Å². The van der Waals surface area contributed by atoms with Crippen molar-refractivity contribution < 1.29 is 17.6 Å². The van der Waals surface area contributed by atoms with Crippen LogP contribution in [0.15, 0.2) is 23.3 Å². The zero-order chi connectivity index (χ0) is 18.2. The molecule has 0 fully saturated rings. The van der Waals surface area contributed by atoms with Crippen LogP contribution in [0.3, 0.4) is 0 Å². The van der Waals surface area contributed by atoms with Crippen LogP contribution in [0.4, 0.5) is 13.2 Å². The van der Waals surface area contributed by atoms with Gasteiger partial charge in [-0.3, -0.25) is 0 Å². The van der Waals surface area contributed by atoms with Gasteiger partial charge in [-0.2, -0.15) is 13.2 Å². The molecule has 0 heterocycles. The lowest BCUT2D eigenvalue weighted by atomic mass is 10.1. The zero-order valence-corrected chi connectivity index (χ0v) is 16.5. The van der Waals surface area contributed by atoms with Crippen LogP contribution in [-0.2, 0) is 4.43 Å². The lowest BCUT2D eigenvalue weighted by molar-refractivity contribution is -0.126. The van der Waals surface area contributed by atoms with Crippen molar-refractivity contribution in [2.75, 3.05) is 0 Å². The van der Waals surface area contributed by atoms with Crippen LogP contribution in [0.5, 0.6) is 0 Å². The minimum atomic E-state index is -4.20. The smallest absolute Gasteiger partial charge is 0.393 e. The van der Waals surface area contributed by atoms with Crippen LogP contribution in [0.25, 0.3) is 0 Å². The second kappa shape index (κ2) is 7.14. The van der Waals surface area contributed by atoms with E-state index in [-0.39, 0.29) is 6.10 Å². The van der Waals surface area contributed by atoms with Gasteiger partial charge in [0.1, 0.15) is 0 Å². The van der Waals surface area contributed by atoms with Crippen molar-refractivity contribution in [1.82, 2.24) is 0 Å². The Bertz CT molecular complexity index is 453. The molecular weight excluding hydrogens is 317 g/mol. The van der Waals surface area contributed by atoms with Gasteiger partial charge in [0.25, 0.3) is 0 Å². The third kappa shape index (κ3) is 4.30. The van der Waals surface area contributed by atoms with Crippen molar-refractivity contribution in [1.29, 1.82) is 0 Å². The number of rotatable bonds is 6. The molecule has 5 heteroatoms. The molecule has 0 amide bonds. The van der Waals surface area contributed by atoms with Crippen LogP contribution < -0.4 is 0 Å². The Balaban J connectivity index is 3.14. The van der Waals surface area contributed by atoms with Gasteiger partial charge in [0.2, 0.25) is 8.32 Å². The second-order valence-electron chi connectivity index (χ2n) is 7.69. The van der Waals surface area contributed by atoms with Crippen molar-refractivity contribution >= 4 is 8.32 Å². The molecule has 0 saturated heterocycles. The standard InChI is InChI=1S/C18H31F3OSi/c1-11(2)23(12(3)4,13(5)6)22-17-9-14(7)16(15(17)8)10-18(19,20)21/h11-13,17H,7,9-10H2,1-6,8H3. The average Bonchev–Trinajstić information content (AvgIpc) is 2.60. The van der Waals surface area contributed by atoms with Gasteiger partial charge in [0.15, 0.2) is 0 Å². The predicted molar refractivity (Wildman–Crippen MR) is 93.1 cm³/mol. The van der Waals surface area contributed by atoms with Crippen molar-refractivity contribution in [3.63, 3.8) is 0 Å². The third-order valence-corrected chi connectivity index (χ3v) is 11.4. The van der Waals surface area contributed by atoms with Gasteiger partial charge in [-0.05, 0) is 40.3 Å². The van der Waals surface area contributed by atoms with E-state index in [0.717, 1.165) is 5.57 Å². The molecule has 0 aromatic carbocycles. The summed E-state index contributed by atoms with van der Waals surface area (Å²) in [6.45, 7) is 18.8. The molecule has 1 aliphatic carbocycles. The largest absolute Gasteiger partial charge is 0.409 e. The fraction of sp³-hybridized carbons (Fsp3) is 0.778. The summed E-state index contributed by atoms with van der Waals surface area (Å²) in [4.78, 5) is 0. The minimum Gasteiger partial charge on any atom is -0.409 e. The number of alkyl halides is 3. The maximum atomic E-state index is 12.8. The number of allylic oxidation sites excluding steroid dienone is 1. The maximum absolute atomic E-state index is 12.8. The topological polar surface area (TPSA) is 9.23 Å². The molecule has 1 rings (SSSR count). The van der Waals surface area contributed by atoms with Gasteiger partial charge in [-0.25, -0.2) is 0 Å². The van der Waals surface area contributed by atoms with Gasteiger partial charge in [-0.15, -0.1) is 0 Å². The van der Waals surface area contributed by atoms with Gasteiger partial charge in [-0.1, -0.05) is 48.1 Å². The SMILES string of the molecule is C=C1CC(O[Si](C(C)C)(C(C)C)C(C)C)C(C)=C1CC(F)(F)F. The molecule has 0 bridgehead atoms. The van der Waals surface area contributed by atoms with E-state index in [9.17, 15) is 13.2 Å². The molecule has 23 heavy (non-hydrogen) atoms. The summed E-state index contributed by atoms with van der Waals surface area (Å²) in [5.41, 5.74) is 2.90. The summed E-state index contributed by atoms with van der Waals surface area (Å²) in [5, 5.41) is 0. The molecule has 1 aliphatic rings. The summed E-state index contributed by atoms with van der Waals surface area (Å²) in [6.07, 6.45) is -4.83. The first kappa shape index (κ1) is 20.5. The maximum Gasteiger partial charge on any atom is 0.393 e. The Kier molecular flexibility index (Phi) is 6.36. The van der Waals surface area contributed by atoms with E-state index in [2.05, 4.69) is 48.1 Å². The summed E-state index contributed by atoms with van der Waals surface area (Å²) in [6, 6.07) is 0. The Morgan fingerprint density at radius 3 is 1.87 bits per heavy atom. The van der Waals surface area contributed by atoms with Crippen molar-refractivity contribution in [3.8, 4) is 0 Å². The number of hydrogen-bond acceptors (Lipinski definition) is 1. The fourth-order valence-corrected chi connectivity index (χ4v) is 9.79. The van der Waals surface area contributed by atoms with E-state index in [1.54, 1.807) is 6.92 Å². The van der Waals surface area contributed by atoms with Gasteiger partial charge >= 0.3 is 6.18 Å². The third-order valence-electron chi connectivity index (χ3n) is 5.25. The zero-order valence-electron chi connectivity index (χ0n) is 15.5. The molecule has 0 N–H and O–H groups in total. The molecule has 0 radical (unpaired) electrons. The molecule has 0 aromatic rings. The Hall–Kier alpha value is -0.553. The van der Waals surface area contributed by atoms with Gasteiger partial charge < -0.3 is 4.43 Å². The second-order valence-corrected chi connectivity index (χ2v) is 13.1.